The highest BCUT2D eigenvalue weighted by molar-refractivity contribution is 5.94. The Morgan fingerprint density at radius 1 is 1.27 bits per heavy atom. The molecule has 1 atom stereocenters. The van der Waals surface area contributed by atoms with Gasteiger partial charge >= 0.3 is 0 Å². The molecule has 2 aliphatic heterocycles. The molecule has 4 rings (SSSR count). The molecule has 0 N–H and O–H groups in total. The SMILES string of the molecule is Cn1cc(N2C[C@]3(COCCN(Cc4ccncc4)C3)OCC2=O)cn1. The van der Waals surface area contributed by atoms with E-state index in [2.05, 4.69) is 15.0 Å². The first kappa shape index (κ1) is 17.1. The molecule has 4 heterocycles. The number of hydrogen-bond donors (Lipinski definition) is 0. The van der Waals surface area contributed by atoms with E-state index in [0.29, 0.717) is 26.3 Å². The van der Waals surface area contributed by atoms with Gasteiger partial charge in [-0.3, -0.25) is 19.4 Å². The summed E-state index contributed by atoms with van der Waals surface area (Å²) in [4.78, 5) is 20.5. The van der Waals surface area contributed by atoms with E-state index in [1.807, 2.05) is 25.4 Å². The van der Waals surface area contributed by atoms with Crippen LogP contribution in [0.3, 0.4) is 0 Å². The van der Waals surface area contributed by atoms with Crippen molar-refractivity contribution in [3.8, 4) is 0 Å². The summed E-state index contributed by atoms with van der Waals surface area (Å²) < 4.78 is 13.6. The van der Waals surface area contributed by atoms with Crippen LogP contribution in [0.5, 0.6) is 0 Å². The summed E-state index contributed by atoms with van der Waals surface area (Å²) in [5, 5.41) is 4.18. The van der Waals surface area contributed by atoms with Gasteiger partial charge in [0.15, 0.2) is 0 Å². The summed E-state index contributed by atoms with van der Waals surface area (Å²) in [5.41, 5.74) is 1.46. The number of hydrogen-bond acceptors (Lipinski definition) is 6. The third kappa shape index (κ3) is 3.62. The first-order valence-corrected chi connectivity index (χ1v) is 8.76. The number of carbonyl (C=O) groups excluding carboxylic acids is 1. The van der Waals surface area contributed by atoms with Gasteiger partial charge in [0.1, 0.15) is 12.2 Å². The Bertz CT molecular complexity index is 765. The van der Waals surface area contributed by atoms with Gasteiger partial charge in [-0.05, 0) is 17.7 Å². The van der Waals surface area contributed by atoms with Gasteiger partial charge in [-0.1, -0.05) is 0 Å². The van der Waals surface area contributed by atoms with E-state index in [-0.39, 0.29) is 12.5 Å². The monoisotopic (exact) mass is 357 g/mol. The van der Waals surface area contributed by atoms with Crippen molar-refractivity contribution in [3.63, 3.8) is 0 Å². The minimum absolute atomic E-state index is 0.0476. The minimum Gasteiger partial charge on any atom is -0.377 e. The van der Waals surface area contributed by atoms with Crippen LogP contribution in [0.4, 0.5) is 5.69 Å². The molecule has 0 bridgehead atoms. The highest BCUT2D eigenvalue weighted by Crippen LogP contribution is 2.27. The highest BCUT2D eigenvalue weighted by atomic mass is 16.6. The van der Waals surface area contributed by atoms with Crippen molar-refractivity contribution in [1.29, 1.82) is 0 Å². The van der Waals surface area contributed by atoms with Crippen LogP contribution in [0.25, 0.3) is 0 Å². The van der Waals surface area contributed by atoms with Crippen molar-refractivity contribution in [2.45, 2.75) is 12.1 Å². The molecule has 2 fully saturated rings. The zero-order valence-corrected chi connectivity index (χ0v) is 14.9. The van der Waals surface area contributed by atoms with Crippen LogP contribution >= 0.6 is 0 Å². The first-order chi connectivity index (χ1) is 12.6. The van der Waals surface area contributed by atoms with Gasteiger partial charge in [-0.25, -0.2) is 0 Å². The Morgan fingerprint density at radius 2 is 2.12 bits per heavy atom. The lowest BCUT2D eigenvalue weighted by molar-refractivity contribution is -0.146. The zero-order chi connectivity index (χ0) is 18.0. The molecule has 0 unspecified atom stereocenters. The Labute approximate surface area is 152 Å². The quantitative estimate of drug-likeness (QED) is 0.794. The molecule has 2 saturated heterocycles. The first-order valence-electron chi connectivity index (χ1n) is 8.76. The van der Waals surface area contributed by atoms with Crippen LogP contribution in [-0.4, -0.2) is 70.6 Å². The predicted octanol–water partition coefficient (Wildman–Crippen LogP) is 0.449. The van der Waals surface area contributed by atoms with Gasteiger partial charge in [0, 0.05) is 45.3 Å². The largest absolute Gasteiger partial charge is 0.377 e. The molecule has 0 radical (unpaired) electrons. The van der Waals surface area contributed by atoms with Crippen LogP contribution in [-0.2, 0) is 27.9 Å². The summed E-state index contributed by atoms with van der Waals surface area (Å²) in [7, 11) is 1.84. The number of nitrogens with zero attached hydrogens (tertiary/aromatic N) is 5. The lowest BCUT2D eigenvalue weighted by Gasteiger charge is -2.42. The third-order valence-corrected chi connectivity index (χ3v) is 4.84. The Kier molecular flexibility index (Phi) is 4.71. The molecule has 138 valence electrons. The standard InChI is InChI=1S/C18H23N5O3/c1-21-10-16(8-20-21)23-13-18(26-11-17(23)24)12-22(6-7-25-14-18)9-15-2-4-19-5-3-15/h2-5,8,10H,6-7,9,11-14H2,1H3/t18-/m1/s1. The number of rotatable bonds is 3. The number of anilines is 1. The van der Waals surface area contributed by atoms with Crippen LogP contribution in [0.1, 0.15) is 5.56 Å². The second kappa shape index (κ2) is 7.14. The molecule has 8 nitrogen and oxygen atoms in total. The molecule has 0 aliphatic carbocycles. The molecule has 0 saturated carbocycles. The summed E-state index contributed by atoms with van der Waals surface area (Å²) in [6, 6.07) is 4.04. The third-order valence-electron chi connectivity index (χ3n) is 4.84. The second-order valence-corrected chi connectivity index (χ2v) is 6.94. The number of ether oxygens (including phenoxy) is 2. The van der Waals surface area contributed by atoms with E-state index in [1.165, 1.54) is 5.56 Å². The van der Waals surface area contributed by atoms with Gasteiger partial charge < -0.3 is 14.4 Å². The van der Waals surface area contributed by atoms with Crippen molar-refractivity contribution >= 4 is 11.6 Å². The van der Waals surface area contributed by atoms with Crippen LogP contribution in [0.2, 0.25) is 0 Å². The maximum atomic E-state index is 12.4. The molecule has 1 amide bonds. The van der Waals surface area contributed by atoms with Crippen molar-refractivity contribution in [2.75, 3.05) is 44.4 Å². The predicted molar refractivity (Wildman–Crippen MR) is 94.6 cm³/mol. The van der Waals surface area contributed by atoms with E-state index in [1.54, 1.807) is 28.2 Å². The number of amides is 1. The van der Waals surface area contributed by atoms with Crippen LogP contribution in [0.15, 0.2) is 36.9 Å². The normalized spacial score (nSPS) is 24.8. The lowest BCUT2D eigenvalue weighted by Crippen LogP contribution is -2.60. The average molecular weight is 357 g/mol. The average Bonchev–Trinajstić information content (AvgIpc) is 2.98. The van der Waals surface area contributed by atoms with Crippen LogP contribution < -0.4 is 4.90 Å². The van der Waals surface area contributed by atoms with Crippen LogP contribution in [0, 0.1) is 0 Å². The van der Waals surface area contributed by atoms with E-state index in [9.17, 15) is 4.79 Å². The van der Waals surface area contributed by atoms with E-state index < -0.39 is 5.60 Å². The molecule has 8 heteroatoms. The van der Waals surface area contributed by atoms with Gasteiger partial charge in [-0.2, -0.15) is 5.10 Å². The van der Waals surface area contributed by atoms with Gasteiger partial charge in [0.25, 0.3) is 5.91 Å². The second-order valence-electron chi connectivity index (χ2n) is 6.94. The Balaban J connectivity index is 1.52. The Hall–Kier alpha value is -2.29. The number of carbonyl (C=O) groups is 1. The van der Waals surface area contributed by atoms with Gasteiger partial charge in [-0.15, -0.1) is 0 Å². The van der Waals surface area contributed by atoms with Crippen molar-refractivity contribution in [2.24, 2.45) is 7.05 Å². The van der Waals surface area contributed by atoms with E-state index in [0.717, 1.165) is 18.8 Å². The number of morpholine rings is 1. The number of pyridine rings is 1. The molecule has 2 aromatic heterocycles. The van der Waals surface area contributed by atoms with Gasteiger partial charge in [0.2, 0.25) is 0 Å². The fourth-order valence-electron chi connectivity index (χ4n) is 3.55. The van der Waals surface area contributed by atoms with Crippen molar-refractivity contribution < 1.29 is 14.3 Å². The molecule has 2 aromatic rings. The van der Waals surface area contributed by atoms with Gasteiger partial charge in [0.05, 0.1) is 31.6 Å². The minimum atomic E-state index is -0.534. The summed E-state index contributed by atoms with van der Waals surface area (Å²) in [6.07, 6.45) is 7.17. The summed E-state index contributed by atoms with van der Waals surface area (Å²) in [5.74, 6) is -0.0476. The smallest absolute Gasteiger partial charge is 0.253 e. The van der Waals surface area contributed by atoms with Crippen molar-refractivity contribution in [3.05, 3.63) is 42.5 Å². The molecular weight excluding hydrogens is 334 g/mol. The van der Waals surface area contributed by atoms with Crippen molar-refractivity contribution in [1.82, 2.24) is 19.7 Å². The molecule has 0 aromatic carbocycles. The lowest BCUT2D eigenvalue weighted by atomic mass is 10.0. The maximum absolute atomic E-state index is 12.4. The molecule has 1 spiro atoms. The van der Waals surface area contributed by atoms with E-state index >= 15 is 0 Å². The topological polar surface area (TPSA) is 72.7 Å². The molecular formula is C18H23N5O3. The zero-order valence-electron chi connectivity index (χ0n) is 14.9. The highest BCUT2D eigenvalue weighted by Gasteiger charge is 2.43. The van der Waals surface area contributed by atoms with E-state index in [4.69, 9.17) is 9.47 Å². The number of aromatic nitrogens is 3. The number of aryl methyl sites for hydroxylation is 1. The summed E-state index contributed by atoms with van der Waals surface area (Å²) >= 11 is 0. The fourth-order valence-corrected chi connectivity index (χ4v) is 3.55. The molecule has 2 aliphatic rings. The Morgan fingerprint density at radius 3 is 2.88 bits per heavy atom. The maximum Gasteiger partial charge on any atom is 0.253 e. The summed E-state index contributed by atoms with van der Waals surface area (Å²) in [6.45, 7) is 3.98. The molecule has 26 heavy (non-hydrogen) atoms. The fraction of sp³-hybridized carbons (Fsp3) is 0.500.